The summed E-state index contributed by atoms with van der Waals surface area (Å²) in [7, 11) is 1.91. The third kappa shape index (κ3) is 3.95. The van der Waals surface area contributed by atoms with Gasteiger partial charge in [0.25, 0.3) is 11.6 Å². The number of rotatable bonds is 5. The lowest BCUT2D eigenvalue weighted by molar-refractivity contribution is -0.385. The summed E-state index contributed by atoms with van der Waals surface area (Å²) < 4.78 is 0. The largest absolute Gasteiger partial charge is 0.341 e. The second kappa shape index (κ2) is 8.04. The topological polar surface area (TPSA) is 95.8 Å². The van der Waals surface area contributed by atoms with Crippen LogP contribution in [0.15, 0.2) is 18.2 Å². The fourth-order valence-electron chi connectivity index (χ4n) is 4.12. The lowest BCUT2D eigenvalue weighted by Gasteiger charge is -2.28. The first-order valence-corrected chi connectivity index (χ1v) is 9.41. The average molecular weight is 374 g/mol. The first-order valence-electron chi connectivity index (χ1n) is 9.41. The molecule has 2 heterocycles. The molecule has 1 aromatic rings. The number of amides is 2. The summed E-state index contributed by atoms with van der Waals surface area (Å²) in [5.74, 6) is 0.259. The van der Waals surface area contributed by atoms with E-state index < -0.39 is 11.0 Å². The van der Waals surface area contributed by atoms with Crippen LogP contribution in [0.5, 0.6) is 0 Å². The Bertz CT molecular complexity index is 751. The summed E-state index contributed by atoms with van der Waals surface area (Å²) in [6.45, 7) is 4.51. The van der Waals surface area contributed by atoms with Crippen molar-refractivity contribution in [2.75, 3.05) is 33.2 Å². The van der Waals surface area contributed by atoms with E-state index in [9.17, 15) is 19.7 Å². The van der Waals surface area contributed by atoms with Gasteiger partial charge in [0, 0.05) is 36.8 Å². The molecule has 0 spiro atoms. The van der Waals surface area contributed by atoms with Gasteiger partial charge in [-0.25, -0.2) is 0 Å². The van der Waals surface area contributed by atoms with Crippen LogP contribution in [0.3, 0.4) is 0 Å². The lowest BCUT2D eigenvalue weighted by atomic mass is 10.1. The van der Waals surface area contributed by atoms with Crippen LogP contribution < -0.4 is 5.32 Å². The highest BCUT2D eigenvalue weighted by Gasteiger charge is 2.39. The fourth-order valence-corrected chi connectivity index (χ4v) is 4.12. The molecule has 2 atom stereocenters. The van der Waals surface area contributed by atoms with Crippen molar-refractivity contribution in [3.63, 3.8) is 0 Å². The van der Waals surface area contributed by atoms with Crippen LogP contribution in [0.4, 0.5) is 5.69 Å². The summed E-state index contributed by atoms with van der Waals surface area (Å²) in [5.41, 5.74) is 0.836. The minimum atomic E-state index is -0.458. The van der Waals surface area contributed by atoms with Gasteiger partial charge in [-0.15, -0.1) is 0 Å². The SMILES string of the molecule is CNCC1CCN(C(=O)C2CCCN2C(=O)c2ccc([N+](=O)[O-])c(C)c2)C1. The number of benzene rings is 1. The molecule has 1 N–H and O–H groups in total. The number of carbonyl (C=O) groups excluding carboxylic acids is 2. The third-order valence-corrected chi connectivity index (χ3v) is 5.53. The Labute approximate surface area is 158 Å². The molecular weight excluding hydrogens is 348 g/mol. The van der Waals surface area contributed by atoms with Gasteiger partial charge in [0.05, 0.1) is 4.92 Å². The van der Waals surface area contributed by atoms with E-state index in [1.807, 2.05) is 11.9 Å². The van der Waals surface area contributed by atoms with Gasteiger partial charge in [-0.05, 0) is 57.8 Å². The number of nitro groups is 1. The summed E-state index contributed by atoms with van der Waals surface area (Å²) >= 11 is 0. The third-order valence-electron chi connectivity index (χ3n) is 5.53. The minimum Gasteiger partial charge on any atom is -0.341 e. The molecule has 146 valence electrons. The Kier molecular flexibility index (Phi) is 5.74. The van der Waals surface area contributed by atoms with E-state index in [2.05, 4.69) is 5.32 Å². The van der Waals surface area contributed by atoms with Crippen molar-refractivity contribution < 1.29 is 14.5 Å². The molecule has 0 radical (unpaired) electrons. The van der Waals surface area contributed by atoms with Gasteiger partial charge in [0.2, 0.25) is 5.91 Å². The normalized spacial score (nSPS) is 22.3. The van der Waals surface area contributed by atoms with Crippen LogP contribution in [0.1, 0.15) is 35.2 Å². The first kappa shape index (κ1) is 19.3. The highest BCUT2D eigenvalue weighted by Crippen LogP contribution is 2.26. The predicted molar refractivity (Wildman–Crippen MR) is 101 cm³/mol. The number of carbonyl (C=O) groups is 2. The quantitative estimate of drug-likeness (QED) is 0.623. The molecule has 3 rings (SSSR count). The second-order valence-electron chi connectivity index (χ2n) is 7.41. The van der Waals surface area contributed by atoms with Crippen molar-refractivity contribution in [2.45, 2.75) is 32.2 Å². The highest BCUT2D eigenvalue weighted by molar-refractivity contribution is 5.98. The van der Waals surface area contributed by atoms with Crippen LogP contribution in [-0.2, 0) is 4.79 Å². The molecule has 0 aromatic heterocycles. The van der Waals surface area contributed by atoms with E-state index in [0.29, 0.717) is 30.0 Å². The van der Waals surface area contributed by atoms with Crippen molar-refractivity contribution in [3.05, 3.63) is 39.4 Å². The maximum Gasteiger partial charge on any atom is 0.272 e. The van der Waals surface area contributed by atoms with E-state index in [-0.39, 0.29) is 17.5 Å². The Hall–Kier alpha value is -2.48. The zero-order valence-corrected chi connectivity index (χ0v) is 15.8. The molecule has 2 unspecified atom stereocenters. The number of likely N-dealkylation sites (tertiary alicyclic amines) is 2. The smallest absolute Gasteiger partial charge is 0.272 e. The summed E-state index contributed by atoms with van der Waals surface area (Å²) in [4.78, 5) is 40.0. The number of hydrogen-bond acceptors (Lipinski definition) is 5. The Balaban J connectivity index is 1.72. The lowest BCUT2D eigenvalue weighted by Crippen LogP contribution is -2.47. The van der Waals surface area contributed by atoms with Crippen molar-refractivity contribution in [1.82, 2.24) is 15.1 Å². The standard InChI is InChI=1S/C19H26N4O4/c1-13-10-15(5-6-16(13)23(26)27)18(24)22-8-3-4-17(22)19(25)21-9-7-14(12-21)11-20-2/h5-6,10,14,17,20H,3-4,7-9,11-12H2,1-2H3. The zero-order chi connectivity index (χ0) is 19.6. The first-order chi connectivity index (χ1) is 12.9. The summed E-state index contributed by atoms with van der Waals surface area (Å²) in [5, 5.41) is 14.1. The van der Waals surface area contributed by atoms with Gasteiger partial charge < -0.3 is 15.1 Å². The van der Waals surface area contributed by atoms with Crippen molar-refractivity contribution in [1.29, 1.82) is 0 Å². The fraction of sp³-hybridized carbons (Fsp3) is 0.579. The van der Waals surface area contributed by atoms with Gasteiger partial charge in [0.15, 0.2) is 0 Å². The minimum absolute atomic E-state index is 0.00626. The van der Waals surface area contributed by atoms with E-state index >= 15 is 0 Å². The van der Waals surface area contributed by atoms with E-state index in [0.717, 1.165) is 32.5 Å². The maximum atomic E-state index is 13.0. The molecule has 8 heteroatoms. The number of nitrogens with zero attached hydrogens (tertiary/aromatic N) is 3. The van der Waals surface area contributed by atoms with Gasteiger partial charge in [-0.3, -0.25) is 19.7 Å². The molecule has 0 saturated carbocycles. The molecule has 2 saturated heterocycles. The Morgan fingerprint density at radius 1 is 1.30 bits per heavy atom. The van der Waals surface area contributed by atoms with Crippen LogP contribution in [-0.4, -0.2) is 65.8 Å². The van der Waals surface area contributed by atoms with Crippen LogP contribution in [0, 0.1) is 23.0 Å². The van der Waals surface area contributed by atoms with Crippen molar-refractivity contribution >= 4 is 17.5 Å². The molecular formula is C19H26N4O4. The van der Waals surface area contributed by atoms with Gasteiger partial charge >= 0.3 is 0 Å². The molecule has 2 amide bonds. The number of hydrogen-bond donors (Lipinski definition) is 1. The van der Waals surface area contributed by atoms with Gasteiger partial charge in [-0.2, -0.15) is 0 Å². The van der Waals surface area contributed by atoms with Crippen LogP contribution in [0.2, 0.25) is 0 Å². The second-order valence-corrected chi connectivity index (χ2v) is 7.41. The Morgan fingerprint density at radius 3 is 2.74 bits per heavy atom. The molecule has 0 aliphatic carbocycles. The number of aryl methyl sites for hydroxylation is 1. The highest BCUT2D eigenvalue weighted by atomic mass is 16.6. The predicted octanol–water partition coefficient (Wildman–Crippen LogP) is 1.58. The molecule has 2 aliphatic heterocycles. The van der Waals surface area contributed by atoms with Crippen LogP contribution in [0.25, 0.3) is 0 Å². The number of nitro benzene ring substituents is 1. The van der Waals surface area contributed by atoms with E-state index in [1.54, 1.807) is 17.9 Å². The summed E-state index contributed by atoms with van der Waals surface area (Å²) in [6, 6.07) is 3.95. The molecule has 2 fully saturated rings. The van der Waals surface area contributed by atoms with Crippen molar-refractivity contribution in [2.24, 2.45) is 5.92 Å². The van der Waals surface area contributed by atoms with Crippen LogP contribution >= 0.6 is 0 Å². The van der Waals surface area contributed by atoms with Gasteiger partial charge in [0.1, 0.15) is 6.04 Å². The molecule has 2 aliphatic rings. The monoisotopic (exact) mass is 374 g/mol. The maximum absolute atomic E-state index is 13.0. The van der Waals surface area contributed by atoms with E-state index in [1.165, 1.54) is 12.1 Å². The average Bonchev–Trinajstić information content (AvgIpc) is 3.30. The van der Waals surface area contributed by atoms with Crippen molar-refractivity contribution in [3.8, 4) is 0 Å². The molecule has 1 aromatic carbocycles. The molecule has 27 heavy (non-hydrogen) atoms. The Morgan fingerprint density at radius 2 is 2.07 bits per heavy atom. The van der Waals surface area contributed by atoms with Gasteiger partial charge in [-0.1, -0.05) is 0 Å². The van der Waals surface area contributed by atoms with E-state index in [4.69, 9.17) is 0 Å². The zero-order valence-electron chi connectivity index (χ0n) is 15.8. The summed E-state index contributed by atoms with van der Waals surface area (Å²) in [6.07, 6.45) is 2.44. The number of nitrogens with one attached hydrogen (secondary N) is 1. The molecule has 8 nitrogen and oxygen atoms in total. The molecule has 0 bridgehead atoms.